The standard InChI is InChI=1S/C48H40F2N4/c1-21-11-25-31-29(15-23(17-51)35-37(31)47(7,8)19-45(35,3)4)53-41(25)27(13-21)33-39(49)44-34(40(50)43(33)53)28-14-22(2)12-26-32-30(54(44)42(26)28)16-24(18-52)36-38(32)48(9,10)20-46(36,5)6/h11-16H,19-20H2,1-10H3. The van der Waals surface area contributed by atoms with Gasteiger partial charge in [0.05, 0.1) is 56.4 Å². The first-order valence-electron chi connectivity index (χ1n) is 19.0. The summed E-state index contributed by atoms with van der Waals surface area (Å²) in [5, 5.41) is 27.0. The number of benzene rings is 5. The Morgan fingerprint density at radius 2 is 0.796 bits per heavy atom. The first kappa shape index (κ1) is 32.0. The van der Waals surface area contributed by atoms with Crippen molar-refractivity contribution in [2.24, 2.45) is 0 Å². The van der Waals surface area contributed by atoms with Crippen LogP contribution in [0.1, 0.15) is 113 Å². The molecule has 0 spiro atoms. The zero-order valence-corrected chi connectivity index (χ0v) is 32.4. The molecule has 0 aliphatic heterocycles. The van der Waals surface area contributed by atoms with Crippen molar-refractivity contribution >= 4 is 76.2 Å². The second kappa shape index (κ2) is 9.07. The highest BCUT2D eigenvalue weighted by molar-refractivity contribution is 6.30. The molecule has 4 aromatic heterocycles. The molecule has 0 bridgehead atoms. The number of halogens is 2. The topological polar surface area (TPSA) is 56.4 Å². The third-order valence-corrected chi connectivity index (χ3v) is 13.6. The van der Waals surface area contributed by atoms with Crippen LogP contribution in [-0.4, -0.2) is 8.80 Å². The molecule has 2 aliphatic carbocycles. The maximum absolute atomic E-state index is 18.2. The van der Waals surface area contributed by atoms with Gasteiger partial charge in [0.25, 0.3) is 0 Å². The highest BCUT2D eigenvalue weighted by Gasteiger charge is 2.47. The van der Waals surface area contributed by atoms with Crippen LogP contribution in [0.2, 0.25) is 0 Å². The van der Waals surface area contributed by atoms with Crippen molar-refractivity contribution in [1.82, 2.24) is 8.80 Å². The molecular weight excluding hydrogens is 671 g/mol. The zero-order valence-electron chi connectivity index (χ0n) is 32.4. The van der Waals surface area contributed by atoms with Crippen LogP contribution in [0, 0.1) is 48.1 Å². The number of fused-ring (bicyclic) bond motifs is 16. The predicted octanol–water partition coefficient (Wildman–Crippen LogP) is 12.5. The molecule has 266 valence electrons. The summed E-state index contributed by atoms with van der Waals surface area (Å²) >= 11 is 0. The van der Waals surface area contributed by atoms with Crippen molar-refractivity contribution in [3.05, 3.63) is 92.5 Å². The van der Waals surface area contributed by atoms with Gasteiger partial charge in [0.2, 0.25) is 0 Å². The summed E-state index contributed by atoms with van der Waals surface area (Å²) in [6.07, 6.45) is 1.76. The molecule has 5 aromatic carbocycles. The van der Waals surface area contributed by atoms with E-state index in [1.165, 1.54) is 0 Å². The van der Waals surface area contributed by atoms with E-state index in [1.807, 2.05) is 46.9 Å². The van der Waals surface area contributed by atoms with Crippen molar-refractivity contribution in [3.8, 4) is 12.1 Å². The summed E-state index contributed by atoms with van der Waals surface area (Å²) in [6, 6.07) is 17.1. The zero-order chi connectivity index (χ0) is 38.1. The van der Waals surface area contributed by atoms with Gasteiger partial charge >= 0.3 is 0 Å². The minimum Gasteiger partial charge on any atom is -0.305 e. The SMILES string of the molecule is Cc1cc2c3c4c(c(C#N)cc3n3c5c(F)c6c7cc(C)cc8c9c%10c(c(C#N)cc9n(c6c(F)c5c(c1)c23)c87)C(C)(C)CC%10(C)C)C(C)(C)CC4(C)C. The van der Waals surface area contributed by atoms with Crippen LogP contribution in [0.3, 0.4) is 0 Å². The molecule has 54 heavy (non-hydrogen) atoms. The summed E-state index contributed by atoms with van der Waals surface area (Å²) in [7, 11) is 0. The highest BCUT2D eigenvalue weighted by atomic mass is 19.1. The fraction of sp³-hybridized carbons (Fsp3) is 0.333. The van der Waals surface area contributed by atoms with Crippen LogP contribution < -0.4 is 0 Å². The lowest BCUT2D eigenvalue weighted by Crippen LogP contribution is -2.18. The Morgan fingerprint density at radius 3 is 1.13 bits per heavy atom. The fourth-order valence-corrected chi connectivity index (χ4v) is 12.8. The van der Waals surface area contributed by atoms with E-state index in [4.69, 9.17) is 0 Å². The van der Waals surface area contributed by atoms with Gasteiger partial charge in [-0.05, 0) is 118 Å². The minimum absolute atomic E-state index is 0.206. The van der Waals surface area contributed by atoms with E-state index in [9.17, 15) is 10.5 Å². The van der Waals surface area contributed by atoms with E-state index >= 15 is 8.78 Å². The molecule has 0 amide bonds. The Balaban J connectivity index is 1.42. The summed E-state index contributed by atoms with van der Waals surface area (Å²) in [5.74, 6) is -0.945. The van der Waals surface area contributed by atoms with Crippen molar-refractivity contribution in [3.63, 3.8) is 0 Å². The summed E-state index contributed by atoms with van der Waals surface area (Å²) in [6.45, 7) is 21.8. The lowest BCUT2D eigenvalue weighted by molar-refractivity contribution is 0.403. The number of rotatable bonds is 0. The van der Waals surface area contributed by atoms with E-state index in [2.05, 4.69) is 79.7 Å². The Labute approximate surface area is 311 Å². The van der Waals surface area contributed by atoms with Crippen LogP contribution in [0.15, 0.2) is 36.4 Å². The molecule has 0 fully saturated rings. The average Bonchev–Trinajstić information content (AvgIpc) is 3.86. The molecule has 11 rings (SSSR count). The molecule has 9 aromatic rings. The fourth-order valence-electron chi connectivity index (χ4n) is 12.8. The normalized spacial score (nSPS) is 18.4. The molecule has 0 unspecified atom stereocenters. The Bertz CT molecular complexity index is 3160. The van der Waals surface area contributed by atoms with Crippen molar-refractivity contribution < 1.29 is 8.78 Å². The monoisotopic (exact) mass is 710 g/mol. The summed E-state index contributed by atoms with van der Waals surface area (Å²) < 4.78 is 40.2. The molecular formula is C48H40F2N4. The molecule has 0 N–H and O–H groups in total. The third kappa shape index (κ3) is 3.32. The van der Waals surface area contributed by atoms with Gasteiger partial charge in [-0.2, -0.15) is 10.5 Å². The van der Waals surface area contributed by atoms with Gasteiger partial charge in [-0.25, -0.2) is 8.78 Å². The van der Waals surface area contributed by atoms with Crippen LogP contribution in [0.4, 0.5) is 8.78 Å². The van der Waals surface area contributed by atoms with E-state index < -0.39 is 11.6 Å². The van der Waals surface area contributed by atoms with Gasteiger partial charge in [-0.1, -0.05) is 55.4 Å². The number of nitriles is 2. The average molecular weight is 711 g/mol. The lowest BCUT2D eigenvalue weighted by atomic mass is 9.81. The Hall–Kier alpha value is -5.46. The van der Waals surface area contributed by atoms with Gasteiger partial charge in [0, 0.05) is 43.1 Å². The number of aryl methyl sites for hydroxylation is 2. The number of nitrogens with zero attached hydrogens (tertiary/aromatic N) is 4. The molecule has 0 atom stereocenters. The highest BCUT2D eigenvalue weighted by Crippen LogP contribution is 2.58. The Morgan fingerprint density at radius 1 is 0.481 bits per heavy atom. The van der Waals surface area contributed by atoms with E-state index in [0.29, 0.717) is 21.9 Å². The van der Waals surface area contributed by atoms with Crippen LogP contribution in [0.25, 0.3) is 76.2 Å². The van der Waals surface area contributed by atoms with Crippen LogP contribution in [-0.2, 0) is 21.7 Å². The maximum Gasteiger partial charge on any atom is 0.158 e. The van der Waals surface area contributed by atoms with Crippen molar-refractivity contribution in [1.29, 1.82) is 10.5 Å². The summed E-state index contributed by atoms with van der Waals surface area (Å²) in [4.78, 5) is 0. The molecule has 2 aliphatic rings. The van der Waals surface area contributed by atoms with Gasteiger partial charge in [-0.15, -0.1) is 0 Å². The van der Waals surface area contributed by atoms with Crippen LogP contribution >= 0.6 is 0 Å². The Kier molecular flexibility index (Phi) is 5.38. The van der Waals surface area contributed by atoms with Gasteiger partial charge in [0.15, 0.2) is 11.6 Å². The largest absolute Gasteiger partial charge is 0.305 e. The van der Waals surface area contributed by atoms with Crippen LogP contribution in [0.5, 0.6) is 0 Å². The minimum atomic E-state index is -0.473. The van der Waals surface area contributed by atoms with E-state index in [-0.39, 0.29) is 43.5 Å². The predicted molar refractivity (Wildman–Crippen MR) is 216 cm³/mol. The maximum atomic E-state index is 18.2. The second-order valence-corrected chi connectivity index (χ2v) is 19.4. The third-order valence-electron chi connectivity index (χ3n) is 13.6. The first-order chi connectivity index (χ1) is 25.3. The number of hydrogen-bond acceptors (Lipinski definition) is 2. The lowest BCUT2D eigenvalue weighted by Gasteiger charge is -2.23. The summed E-state index contributed by atoms with van der Waals surface area (Å²) in [5.41, 5.74) is 10.1. The molecule has 0 radical (unpaired) electrons. The smallest absolute Gasteiger partial charge is 0.158 e. The molecule has 4 heterocycles. The quantitative estimate of drug-likeness (QED) is 0.157. The van der Waals surface area contributed by atoms with Gasteiger partial charge in [0.1, 0.15) is 0 Å². The molecule has 0 saturated heterocycles. The second-order valence-electron chi connectivity index (χ2n) is 19.4. The number of hydrogen-bond donors (Lipinski definition) is 0. The van der Waals surface area contributed by atoms with E-state index in [1.54, 1.807) is 0 Å². The first-order valence-corrected chi connectivity index (χ1v) is 19.0. The molecule has 4 nitrogen and oxygen atoms in total. The van der Waals surface area contributed by atoms with Gasteiger partial charge in [-0.3, -0.25) is 0 Å². The van der Waals surface area contributed by atoms with Crippen molar-refractivity contribution in [2.45, 2.75) is 104 Å². The van der Waals surface area contributed by atoms with E-state index in [0.717, 1.165) is 89.8 Å². The van der Waals surface area contributed by atoms with Crippen molar-refractivity contribution in [2.75, 3.05) is 0 Å². The molecule has 6 heteroatoms. The van der Waals surface area contributed by atoms with Gasteiger partial charge < -0.3 is 8.80 Å². The number of aromatic nitrogens is 2. The molecule has 0 saturated carbocycles.